The third kappa shape index (κ3) is 2.87. The van der Waals surface area contributed by atoms with Gasteiger partial charge in [-0.1, -0.05) is 6.42 Å². The zero-order chi connectivity index (χ0) is 13.2. The smallest absolute Gasteiger partial charge is 0.0474 e. The standard InChI is InChI=1S/C14H29N3O/c1-11(2)17-7-6-14(9-15,10-17)16-13-5-3-4-12(13)8-18/h11-13,16,18H,3-10,15H2,1-2H3. The maximum atomic E-state index is 9.43. The lowest BCUT2D eigenvalue weighted by atomic mass is 9.94. The molecule has 0 aromatic rings. The second kappa shape index (κ2) is 5.87. The van der Waals surface area contributed by atoms with Crippen molar-refractivity contribution in [2.75, 3.05) is 26.2 Å². The molecule has 0 aromatic heterocycles. The van der Waals surface area contributed by atoms with E-state index < -0.39 is 0 Å². The van der Waals surface area contributed by atoms with E-state index in [0.717, 1.165) is 25.9 Å². The van der Waals surface area contributed by atoms with Crippen molar-refractivity contribution in [1.29, 1.82) is 0 Å². The fourth-order valence-corrected chi connectivity index (χ4v) is 3.53. The molecule has 0 radical (unpaired) electrons. The van der Waals surface area contributed by atoms with Gasteiger partial charge in [-0.15, -0.1) is 0 Å². The van der Waals surface area contributed by atoms with Crippen LogP contribution in [-0.2, 0) is 0 Å². The van der Waals surface area contributed by atoms with E-state index in [1.54, 1.807) is 0 Å². The SMILES string of the molecule is CC(C)N1CCC(CN)(NC2CCCC2CO)C1. The number of nitrogens with zero attached hydrogens (tertiary/aromatic N) is 1. The molecule has 2 rings (SSSR count). The molecule has 1 heterocycles. The summed E-state index contributed by atoms with van der Waals surface area (Å²) < 4.78 is 0. The van der Waals surface area contributed by atoms with Crippen LogP contribution in [0.5, 0.6) is 0 Å². The van der Waals surface area contributed by atoms with Crippen LogP contribution >= 0.6 is 0 Å². The van der Waals surface area contributed by atoms with Gasteiger partial charge >= 0.3 is 0 Å². The molecular formula is C14H29N3O. The van der Waals surface area contributed by atoms with Crippen LogP contribution in [0.15, 0.2) is 0 Å². The molecule has 3 atom stereocenters. The number of nitrogens with one attached hydrogen (secondary N) is 1. The summed E-state index contributed by atoms with van der Waals surface area (Å²) in [5, 5.41) is 13.2. The molecule has 1 saturated carbocycles. The van der Waals surface area contributed by atoms with E-state index in [2.05, 4.69) is 24.1 Å². The van der Waals surface area contributed by atoms with Crippen molar-refractivity contribution in [3.63, 3.8) is 0 Å². The average molecular weight is 255 g/mol. The van der Waals surface area contributed by atoms with Crippen molar-refractivity contribution in [3.8, 4) is 0 Å². The molecule has 1 aliphatic heterocycles. The number of nitrogens with two attached hydrogens (primary N) is 1. The summed E-state index contributed by atoms with van der Waals surface area (Å²) in [7, 11) is 0. The first kappa shape index (κ1) is 14.3. The number of likely N-dealkylation sites (tertiary alicyclic amines) is 1. The maximum Gasteiger partial charge on any atom is 0.0474 e. The number of hydrogen-bond donors (Lipinski definition) is 3. The van der Waals surface area contributed by atoms with Crippen molar-refractivity contribution < 1.29 is 5.11 Å². The molecule has 18 heavy (non-hydrogen) atoms. The molecule has 106 valence electrons. The molecule has 0 aromatic carbocycles. The van der Waals surface area contributed by atoms with Gasteiger partial charge in [0, 0.05) is 43.9 Å². The molecule has 4 heteroatoms. The van der Waals surface area contributed by atoms with Crippen LogP contribution < -0.4 is 11.1 Å². The van der Waals surface area contributed by atoms with E-state index in [1.165, 1.54) is 12.8 Å². The first-order valence-electron chi connectivity index (χ1n) is 7.43. The summed E-state index contributed by atoms with van der Waals surface area (Å²) in [5.74, 6) is 0.432. The summed E-state index contributed by atoms with van der Waals surface area (Å²) in [4.78, 5) is 2.50. The van der Waals surface area contributed by atoms with Gasteiger partial charge in [0.05, 0.1) is 0 Å². The molecule has 1 aliphatic carbocycles. The van der Waals surface area contributed by atoms with Crippen molar-refractivity contribution in [3.05, 3.63) is 0 Å². The zero-order valence-electron chi connectivity index (χ0n) is 11.9. The predicted molar refractivity (Wildman–Crippen MR) is 74.5 cm³/mol. The Morgan fingerprint density at radius 2 is 2.22 bits per heavy atom. The lowest BCUT2D eigenvalue weighted by molar-refractivity contribution is 0.174. The van der Waals surface area contributed by atoms with Crippen molar-refractivity contribution in [1.82, 2.24) is 10.2 Å². The lowest BCUT2D eigenvalue weighted by Crippen LogP contribution is -2.58. The highest BCUT2D eigenvalue weighted by Gasteiger charge is 2.41. The van der Waals surface area contributed by atoms with Crippen molar-refractivity contribution >= 4 is 0 Å². The quantitative estimate of drug-likeness (QED) is 0.671. The monoisotopic (exact) mass is 255 g/mol. The zero-order valence-corrected chi connectivity index (χ0v) is 11.9. The average Bonchev–Trinajstić information content (AvgIpc) is 2.97. The number of hydrogen-bond acceptors (Lipinski definition) is 4. The van der Waals surface area contributed by atoms with E-state index in [9.17, 15) is 5.11 Å². The summed E-state index contributed by atoms with van der Waals surface area (Å²) in [6.07, 6.45) is 4.71. The third-order valence-corrected chi connectivity index (χ3v) is 4.89. The Morgan fingerprint density at radius 1 is 1.44 bits per heavy atom. The van der Waals surface area contributed by atoms with Crippen molar-refractivity contribution in [2.45, 2.75) is 57.2 Å². The second-order valence-electron chi connectivity index (χ2n) is 6.42. The first-order valence-corrected chi connectivity index (χ1v) is 7.43. The predicted octanol–water partition coefficient (Wildman–Crippen LogP) is 0.549. The van der Waals surface area contributed by atoms with E-state index in [-0.39, 0.29) is 5.54 Å². The van der Waals surface area contributed by atoms with Crippen molar-refractivity contribution in [2.24, 2.45) is 11.7 Å². The van der Waals surface area contributed by atoms with Crippen LogP contribution in [0.2, 0.25) is 0 Å². The van der Waals surface area contributed by atoms with Gasteiger partial charge < -0.3 is 16.2 Å². The molecule has 4 nitrogen and oxygen atoms in total. The fraction of sp³-hybridized carbons (Fsp3) is 1.00. The summed E-state index contributed by atoms with van der Waals surface area (Å²) in [6.45, 7) is 7.70. The molecule has 2 fully saturated rings. The maximum absolute atomic E-state index is 9.43. The Labute approximate surface area is 111 Å². The second-order valence-corrected chi connectivity index (χ2v) is 6.42. The highest BCUT2D eigenvalue weighted by molar-refractivity contribution is 5.02. The van der Waals surface area contributed by atoms with E-state index >= 15 is 0 Å². The van der Waals surface area contributed by atoms with E-state index in [0.29, 0.717) is 31.2 Å². The highest BCUT2D eigenvalue weighted by atomic mass is 16.3. The van der Waals surface area contributed by atoms with Gasteiger partial charge in [-0.05, 0) is 39.0 Å². The van der Waals surface area contributed by atoms with E-state index in [4.69, 9.17) is 5.73 Å². The Hall–Kier alpha value is -0.160. The Morgan fingerprint density at radius 3 is 2.78 bits per heavy atom. The van der Waals surface area contributed by atoms with Crippen LogP contribution in [0.1, 0.15) is 39.5 Å². The molecule has 0 spiro atoms. The van der Waals surface area contributed by atoms with Crippen LogP contribution in [0, 0.1) is 5.92 Å². The van der Waals surface area contributed by atoms with Gasteiger partial charge in [0.15, 0.2) is 0 Å². The lowest BCUT2D eigenvalue weighted by Gasteiger charge is -2.35. The highest BCUT2D eigenvalue weighted by Crippen LogP contribution is 2.30. The van der Waals surface area contributed by atoms with E-state index in [1.807, 2.05) is 0 Å². The normalized spacial score (nSPS) is 37.8. The minimum Gasteiger partial charge on any atom is -0.396 e. The Bertz CT molecular complexity index is 272. The first-order chi connectivity index (χ1) is 8.60. The van der Waals surface area contributed by atoms with Gasteiger partial charge in [-0.3, -0.25) is 4.90 Å². The minimum atomic E-state index is 0.0761. The van der Waals surface area contributed by atoms with Crippen LogP contribution in [0.4, 0.5) is 0 Å². The molecule has 3 unspecified atom stereocenters. The topological polar surface area (TPSA) is 61.5 Å². The number of aliphatic hydroxyl groups is 1. The third-order valence-electron chi connectivity index (χ3n) is 4.89. The molecule has 0 amide bonds. The number of rotatable bonds is 5. The summed E-state index contributed by atoms with van der Waals surface area (Å²) >= 11 is 0. The van der Waals surface area contributed by atoms with Crippen LogP contribution in [0.25, 0.3) is 0 Å². The summed E-state index contributed by atoms with van der Waals surface area (Å²) in [5.41, 5.74) is 6.12. The van der Waals surface area contributed by atoms with Gasteiger partial charge in [0.1, 0.15) is 0 Å². The summed E-state index contributed by atoms with van der Waals surface area (Å²) in [6, 6.07) is 1.06. The van der Waals surface area contributed by atoms with Crippen LogP contribution in [-0.4, -0.2) is 53.9 Å². The van der Waals surface area contributed by atoms with Crippen LogP contribution in [0.3, 0.4) is 0 Å². The largest absolute Gasteiger partial charge is 0.396 e. The Kier molecular flexibility index (Phi) is 4.64. The van der Waals surface area contributed by atoms with Gasteiger partial charge in [0.25, 0.3) is 0 Å². The van der Waals surface area contributed by atoms with Gasteiger partial charge in [-0.2, -0.15) is 0 Å². The molecule has 0 bridgehead atoms. The van der Waals surface area contributed by atoms with Gasteiger partial charge in [-0.25, -0.2) is 0 Å². The molecule has 2 aliphatic rings. The Balaban J connectivity index is 1.97. The fourth-order valence-electron chi connectivity index (χ4n) is 3.53. The molecular weight excluding hydrogens is 226 g/mol. The molecule has 4 N–H and O–H groups in total. The van der Waals surface area contributed by atoms with Gasteiger partial charge in [0.2, 0.25) is 0 Å². The molecule has 1 saturated heterocycles. The minimum absolute atomic E-state index is 0.0761. The number of aliphatic hydroxyl groups excluding tert-OH is 1.